The highest BCUT2D eigenvalue weighted by molar-refractivity contribution is 7.20. The van der Waals surface area contributed by atoms with Gasteiger partial charge in [-0.2, -0.15) is 9.78 Å². The highest BCUT2D eigenvalue weighted by atomic mass is 32.1. The summed E-state index contributed by atoms with van der Waals surface area (Å²) in [6.07, 6.45) is 0.434. The van der Waals surface area contributed by atoms with E-state index in [4.69, 9.17) is 10.1 Å². The van der Waals surface area contributed by atoms with Crippen LogP contribution in [0.3, 0.4) is 0 Å². The van der Waals surface area contributed by atoms with Crippen LogP contribution in [0.4, 0.5) is 5.82 Å². The van der Waals surface area contributed by atoms with E-state index in [2.05, 4.69) is 43.4 Å². The summed E-state index contributed by atoms with van der Waals surface area (Å²) in [5, 5.41) is 8.59. The van der Waals surface area contributed by atoms with Gasteiger partial charge in [0.05, 0.1) is 15.9 Å². The van der Waals surface area contributed by atoms with Crippen molar-refractivity contribution in [3.63, 3.8) is 0 Å². The monoisotopic (exact) mass is 388 g/mol. The molecule has 0 fully saturated rings. The van der Waals surface area contributed by atoms with Gasteiger partial charge in [-0.05, 0) is 44.0 Å². The molecule has 2 aromatic carbocycles. The van der Waals surface area contributed by atoms with Crippen LogP contribution >= 0.6 is 11.3 Å². The SMILES string of the molecule is Cc1ccc(C)c(C2CC(=O)Nc3c2c(C)nn3-c2nc3ccccc3s2)c1. The lowest BCUT2D eigenvalue weighted by molar-refractivity contribution is -0.116. The molecule has 1 aliphatic heterocycles. The van der Waals surface area contributed by atoms with E-state index in [1.165, 1.54) is 16.7 Å². The van der Waals surface area contributed by atoms with Gasteiger partial charge in [0.15, 0.2) is 0 Å². The molecule has 1 amide bonds. The van der Waals surface area contributed by atoms with Crippen LogP contribution in [0.5, 0.6) is 0 Å². The maximum atomic E-state index is 12.6. The van der Waals surface area contributed by atoms with E-state index >= 15 is 0 Å². The zero-order chi connectivity index (χ0) is 19.4. The second-order valence-electron chi connectivity index (χ2n) is 7.39. The van der Waals surface area contributed by atoms with Crippen LogP contribution in [0, 0.1) is 20.8 Å². The van der Waals surface area contributed by atoms with Gasteiger partial charge < -0.3 is 5.32 Å². The fourth-order valence-corrected chi connectivity index (χ4v) is 4.96. The lowest BCUT2D eigenvalue weighted by atomic mass is 9.83. The molecule has 0 bridgehead atoms. The van der Waals surface area contributed by atoms with E-state index < -0.39 is 0 Å². The maximum absolute atomic E-state index is 12.6. The number of hydrogen-bond donors (Lipinski definition) is 1. The van der Waals surface area contributed by atoms with Crippen molar-refractivity contribution in [1.29, 1.82) is 0 Å². The number of carbonyl (C=O) groups is 1. The van der Waals surface area contributed by atoms with Gasteiger partial charge in [-0.1, -0.05) is 47.2 Å². The molecule has 1 N–H and O–H groups in total. The Bertz CT molecular complexity index is 1200. The smallest absolute Gasteiger partial charge is 0.226 e. The van der Waals surface area contributed by atoms with Crippen molar-refractivity contribution in [2.45, 2.75) is 33.1 Å². The highest BCUT2D eigenvalue weighted by Gasteiger charge is 2.34. The standard InChI is InChI=1S/C22H20N4OS/c1-12-8-9-13(2)15(10-12)16-11-19(27)24-21-20(16)14(3)25-26(21)22-23-17-6-4-5-7-18(17)28-22/h4-10,16H,11H2,1-3H3,(H,24,27). The van der Waals surface area contributed by atoms with Gasteiger partial charge in [0.2, 0.25) is 11.0 Å². The van der Waals surface area contributed by atoms with Crippen LogP contribution in [-0.4, -0.2) is 20.7 Å². The van der Waals surface area contributed by atoms with E-state index in [0.717, 1.165) is 32.4 Å². The van der Waals surface area contributed by atoms with Crippen molar-refractivity contribution in [2.75, 3.05) is 5.32 Å². The molecular weight excluding hydrogens is 368 g/mol. The summed E-state index contributed by atoms with van der Waals surface area (Å²) in [6.45, 7) is 6.21. The predicted molar refractivity (Wildman–Crippen MR) is 112 cm³/mol. The molecular formula is C22H20N4OS. The second-order valence-corrected chi connectivity index (χ2v) is 8.40. The molecule has 4 aromatic rings. The van der Waals surface area contributed by atoms with Gasteiger partial charge in [-0.15, -0.1) is 0 Å². The summed E-state index contributed by atoms with van der Waals surface area (Å²) < 4.78 is 2.90. The molecule has 0 spiro atoms. The minimum absolute atomic E-state index is 0.00628. The molecule has 5 nitrogen and oxygen atoms in total. The summed E-state index contributed by atoms with van der Waals surface area (Å²) in [6, 6.07) is 14.5. The third-order valence-corrected chi connectivity index (χ3v) is 6.39. The van der Waals surface area contributed by atoms with Crippen LogP contribution < -0.4 is 5.32 Å². The number of rotatable bonds is 2. The number of hydrogen-bond acceptors (Lipinski definition) is 4. The van der Waals surface area contributed by atoms with Gasteiger partial charge in [0.25, 0.3) is 0 Å². The molecule has 28 heavy (non-hydrogen) atoms. The van der Waals surface area contributed by atoms with Gasteiger partial charge in [0, 0.05) is 17.9 Å². The first-order chi connectivity index (χ1) is 13.5. The fraction of sp³-hybridized carbons (Fsp3) is 0.227. The zero-order valence-electron chi connectivity index (χ0n) is 16.0. The molecule has 1 unspecified atom stereocenters. The largest absolute Gasteiger partial charge is 0.310 e. The van der Waals surface area contributed by atoms with E-state index in [-0.39, 0.29) is 11.8 Å². The van der Waals surface area contributed by atoms with Gasteiger partial charge in [0.1, 0.15) is 5.82 Å². The molecule has 0 saturated carbocycles. The number of aryl methyl sites for hydroxylation is 3. The molecule has 140 valence electrons. The number of anilines is 1. The van der Waals surface area contributed by atoms with Crippen molar-refractivity contribution in [3.05, 3.63) is 70.4 Å². The molecule has 6 heteroatoms. The Labute approximate surface area is 167 Å². The Morgan fingerprint density at radius 1 is 1.14 bits per heavy atom. The molecule has 0 saturated heterocycles. The van der Waals surface area contributed by atoms with E-state index in [1.54, 1.807) is 16.0 Å². The molecule has 2 aromatic heterocycles. The first kappa shape index (κ1) is 17.1. The number of thiazole rings is 1. The number of carbonyl (C=O) groups excluding carboxylic acids is 1. The Morgan fingerprint density at radius 3 is 2.79 bits per heavy atom. The topological polar surface area (TPSA) is 59.8 Å². The van der Waals surface area contributed by atoms with Crippen LogP contribution in [-0.2, 0) is 4.79 Å². The van der Waals surface area contributed by atoms with Crippen LogP contribution in [0.2, 0.25) is 0 Å². The Morgan fingerprint density at radius 2 is 1.96 bits per heavy atom. The molecule has 1 atom stereocenters. The quantitative estimate of drug-likeness (QED) is 0.532. The van der Waals surface area contributed by atoms with Crippen molar-refractivity contribution >= 4 is 33.3 Å². The predicted octanol–water partition coefficient (Wildman–Crippen LogP) is 4.88. The second kappa shape index (κ2) is 6.27. The average molecular weight is 388 g/mol. The van der Waals surface area contributed by atoms with Crippen molar-refractivity contribution in [3.8, 4) is 5.13 Å². The number of nitrogens with zero attached hydrogens (tertiary/aromatic N) is 3. The summed E-state index contributed by atoms with van der Waals surface area (Å²) in [4.78, 5) is 17.3. The van der Waals surface area contributed by atoms with E-state index in [9.17, 15) is 4.79 Å². The number of benzene rings is 2. The molecule has 0 aliphatic carbocycles. The number of para-hydroxylation sites is 1. The van der Waals surface area contributed by atoms with Crippen molar-refractivity contribution < 1.29 is 4.79 Å². The zero-order valence-corrected chi connectivity index (χ0v) is 16.8. The highest BCUT2D eigenvalue weighted by Crippen LogP contribution is 2.42. The summed E-state index contributed by atoms with van der Waals surface area (Å²) in [5.41, 5.74) is 6.56. The Kier molecular flexibility index (Phi) is 3.84. The summed E-state index contributed by atoms with van der Waals surface area (Å²) in [7, 11) is 0. The lowest BCUT2D eigenvalue weighted by Gasteiger charge is -2.25. The molecule has 1 aliphatic rings. The number of aromatic nitrogens is 3. The van der Waals surface area contributed by atoms with E-state index in [1.807, 2.05) is 25.1 Å². The van der Waals surface area contributed by atoms with Gasteiger partial charge >= 0.3 is 0 Å². The van der Waals surface area contributed by atoms with Gasteiger partial charge in [-0.25, -0.2) is 4.98 Å². The van der Waals surface area contributed by atoms with Gasteiger partial charge in [-0.3, -0.25) is 4.79 Å². The minimum atomic E-state index is 0.00628. The van der Waals surface area contributed by atoms with Crippen molar-refractivity contribution in [2.24, 2.45) is 0 Å². The van der Waals surface area contributed by atoms with Crippen LogP contribution in [0.1, 0.15) is 40.3 Å². The van der Waals surface area contributed by atoms with Crippen LogP contribution in [0.15, 0.2) is 42.5 Å². The molecule has 3 heterocycles. The number of nitrogens with one attached hydrogen (secondary N) is 1. The maximum Gasteiger partial charge on any atom is 0.226 e. The Balaban J connectivity index is 1.70. The Hall–Kier alpha value is -2.99. The number of fused-ring (bicyclic) bond motifs is 2. The molecule has 5 rings (SSSR count). The normalized spacial score (nSPS) is 16.2. The third-order valence-electron chi connectivity index (χ3n) is 5.38. The summed E-state index contributed by atoms with van der Waals surface area (Å²) in [5.74, 6) is 0.770. The molecule has 0 radical (unpaired) electrons. The van der Waals surface area contributed by atoms with Crippen molar-refractivity contribution in [1.82, 2.24) is 14.8 Å². The number of amides is 1. The third kappa shape index (κ3) is 2.64. The summed E-state index contributed by atoms with van der Waals surface area (Å²) >= 11 is 1.58. The lowest BCUT2D eigenvalue weighted by Crippen LogP contribution is -2.25. The first-order valence-electron chi connectivity index (χ1n) is 9.33. The first-order valence-corrected chi connectivity index (χ1v) is 10.2. The fourth-order valence-electron chi connectivity index (χ4n) is 4.04. The van der Waals surface area contributed by atoms with E-state index in [0.29, 0.717) is 6.42 Å². The van der Waals surface area contributed by atoms with Crippen LogP contribution in [0.25, 0.3) is 15.3 Å². The average Bonchev–Trinajstić information content (AvgIpc) is 3.24. The minimum Gasteiger partial charge on any atom is -0.310 e.